The molecule has 5 rings (SSSR count). The number of thiophene rings is 1. The Bertz CT molecular complexity index is 1090. The fourth-order valence-corrected chi connectivity index (χ4v) is 5.55. The van der Waals surface area contributed by atoms with E-state index in [2.05, 4.69) is 15.7 Å². The molecule has 0 bridgehead atoms. The van der Waals surface area contributed by atoms with Gasteiger partial charge in [-0.2, -0.15) is 5.10 Å². The van der Waals surface area contributed by atoms with Gasteiger partial charge in [-0.3, -0.25) is 4.79 Å². The fourth-order valence-electron chi connectivity index (χ4n) is 4.55. The van der Waals surface area contributed by atoms with E-state index >= 15 is 0 Å². The molecule has 1 aliphatic heterocycles. The van der Waals surface area contributed by atoms with E-state index < -0.39 is 30.2 Å². The molecule has 10 heteroatoms. The summed E-state index contributed by atoms with van der Waals surface area (Å²) < 4.78 is 1.76. The summed E-state index contributed by atoms with van der Waals surface area (Å²) in [6, 6.07) is 12.5. The van der Waals surface area contributed by atoms with Crippen LogP contribution in [0.15, 0.2) is 60.2 Å². The van der Waals surface area contributed by atoms with Crippen molar-refractivity contribution in [3.05, 3.63) is 65.1 Å². The summed E-state index contributed by atoms with van der Waals surface area (Å²) in [5.41, 5.74) is 1.71. The van der Waals surface area contributed by atoms with Crippen molar-refractivity contribution < 1.29 is 15.0 Å². The number of nitrogens with zero attached hydrogens (tertiary/aromatic N) is 3. The summed E-state index contributed by atoms with van der Waals surface area (Å²) in [5, 5.41) is 33.8. The Hall–Kier alpha value is -2.79. The number of thiocarbonyl (C=S) groups is 1. The maximum Gasteiger partial charge on any atom is 0.225 e. The number of anilines is 1. The molecule has 1 saturated heterocycles. The summed E-state index contributed by atoms with van der Waals surface area (Å²) in [7, 11) is 0. The first-order valence-electron chi connectivity index (χ1n) is 10.4. The number of aliphatic hydroxyl groups is 2. The monoisotopic (exact) mass is 469 g/mol. The Morgan fingerprint density at radius 3 is 2.69 bits per heavy atom. The molecular formula is C22H23N5O3S2. The first-order chi connectivity index (χ1) is 15.5. The van der Waals surface area contributed by atoms with Gasteiger partial charge in [0.2, 0.25) is 5.91 Å². The molecule has 0 spiro atoms. The predicted molar refractivity (Wildman–Crippen MR) is 126 cm³/mol. The fraction of sp³-hybridized carbons (Fsp3) is 0.318. The van der Waals surface area contributed by atoms with Crippen LogP contribution in [0.3, 0.4) is 0 Å². The highest BCUT2D eigenvalue weighted by atomic mass is 32.1. The Kier molecular flexibility index (Phi) is 5.68. The normalized spacial score (nSPS) is 27.1. The summed E-state index contributed by atoms with van der Waals surface area (Å²) in [4.78, 5) is 16.1. The molecule has 8 nitrogen and oxygen atoms in total. The molecule has 3 aromatic rings. The van der Waals surface area contributed by atoms with Gasteiger partial charge in [-0.15, -0.1) is 11.3 Å². The molecule has 0 unspecified atom stereocenters. The molecule has 1 aliphatic carbocycles. The van der Waals surface area contributed by atoms with Gasteiger partial charge in [-0.1, -0.05) is 6.07 Å². The number of hydrogen-bond acceptors (Lipinski definition) is 6. The van der Waals surface area contributed by atoms with Crippen LogP contribution in [-0.4, -0.2) is 55.3 Å². The van der Waals surface area contributed by atoms with E-state index in [1.54, 1.807) is 22.2 Å². The second-order valence-electron chi connectivity index (χ2n) is 8.00. The molecule has 1 amide bonds. The second kappa shape index (κ2) is 8.62. The third-order valence-electron chi connectivity index (χ3n) is 6.10. The van der Waals surface area contributed by atoms with Crippen LogP contribution in [0.1, 0.15) is 11.3 Å². The van der Waals surface area contributed by atoms with E-state index in [-0.39, 0.29) is 12.3 Å². The lowest BCUT2D eigenvalue weighted by Crippen LogP contribution is -2.60. The van der Waals surface area contributed by atoms with E-state index in [1.807, 2.05) is 58.9 Å². The standard InChI is InChI=1S/C22H23N5O3S2/c28-17-11-16(21(30)23-12-15-3-1-10-32-15)19-18(20(17)29)25-22(31)27(19)14-6-4-13(5-7-14)26-9-2-8-24-26/h1-10,16-20,28-29H,11-12H2,(H,23,30)(H,25,31)/t16-,17-,18-,19-,20+/m1/s1. The molecule has 1 aromatic carbocycles. The highest BCUT2D eigenvalue weighted by molar-refractivity contribution is 7.80. The van der Waals surface area contributed by atoms with Gasteiger partial charge in [-0.05, 0) is 60.4 Å². The zero-order chi connectivity index (χ0) is 22.2. The number of aliphatic hydroxyl groups excluding tert-OH is 2. The SMILES string of the molecule is O=C(NCc1cccs1)[C@@H]1C[C@@H](O)[C@H](O)[C@@H]2NC(=S)N(c3ccc(-n4cccn4)cc3)[C@@H]21. The molecule has 0 radical (unpaired) electrons. The molecule has 3 heterocycles. The van der Waals surface area contributed by atoms with Gasteiger partial charge in [0, 0.05) is 23.0 Å². The second-order valence-corrected chi connectivity index (χ2v) is 9.42. The molecule has 2 aliphatic rings. The third kappa shape index (κ3) is 3.79. The number of carbonyl (C=O) groups is 1. The molecule has 1 saturated carbocycles. The Morgan fingerprint density at radius 2 is 2.00 bits per heavy atom. The van der Waals surface area contributed by atoms with Crippen molar-refractivity contribution in [2.24, 2.45) is 5.92 Å². The van der Waals surface area contributed by atoms with E-state index in [4.69, 9.17) is 12.2 Å². The minimum atomic E-state index is -1.02. The number of rotatable bonds is 5. The summed E-state index contributed by atoms with van der Waals surface area (Å²) in [6.45, 7) is 0.430. The van der Waals surface area contributed by atoms with Gasteiger partial charge in [-0.25, -0.2) is 4.68 Å². The number of carbonyl (C=O) groups excluding carboxylic acids is 1. The topological polar surface area (TPSA) is 103 Å². The molecule has 2 aromatic heterocycles. The molecule has 2 fully saturated rings. The zero-order valence-corrected chi connectivity index (χ0v) is 18.7. The summed E-state index contributed by atoms with van der Waals surface area (Å²) in [6.07, 6.45) is 1.70. The van der Waals surface area contributed by atoms with Crippen molar-refractivity contribution in [1.82, 2.24) is 20.4 Å². The Morgan fingerprint density at radius 1 is 1.22 bits per heavy atom. The zero-order valence-electron chi connectivity index (χ0n) is 17.0. The lowest BCUT2D eigenvalue weighted by molar-refractivity contribution is -0.131. The van der Waals surface area contributed by atoms with E-state index in [9.17, 15) is 15.0 Å². The maximum atomic E-state index is 13.2. The van der Waals surface area contributed by atoms with Crippen LogP contribution < -0.4 is 15.5 Å². The third-order valence-corrected chi connectivity index (χ3v) is 7.29. The van der Waals surface area contributed by atoms with Crippen LogP contribution in [0.2, 0.25) is 0 Å². The van der Waals surface area contributed by atoms with Crippen LogP contribution in [0, 0.1) is 5.92 Å². The van der Waals surface area contributed by atoms with Gasteiger partial charge >= 0.3 is 0 Å². The van der Waals surface area contributed by atoms with Crippen molar-refractivity contribution in [3.63, 3.8) is 0 Å². The van der Waals surface area contributed by atoms with Crippen molar-refractivity contribution in [1.29, 1.82) is 0 Å². The highest BCUT2D eigenvalue weighted by Crippen LogP contribution is 2.37. The molecule has 166 valence electrons. The Labute approximate surface area is 194 Å². The van der Waals surface area contributed by atoms with Crippen LogP contribution >= 0.6 is 23.6 Å². The quantitative estimate of drug-likeness (QED) is 0.419. The van der Waals surface area contributed by atoms with Gasteiger partial charge in [0.05, 0.1) is 36.3 Å². The lowest BCUT2D eigenvalue weighted by atomic mass is 9.77. The predicted octanol–water partition coefficient (Wildman–Crippen LogP) is 1.42. The van der Waals surface area contributed by atoms with E-state index in [0.717, 1.165) is 16.3 Å². The number of amides is 1. The minimum Gasteiger partial charge on any atom is -0.390 e. The first kappa shape index (κ1) is 21.1. The lowest BCUT2D eigenvalue weighted by Gasteiger charge is -2.41. The van der Waals surface area contributed by atoms with Crippen LogP contribution in [0.25, 0.3) is 5.69 Å². The number of hydrogen-bond donors (Lipinski definition) is 4. The first-order valence-corrected chi connectivity index (χ1v) is 11.7. The number of fused-ring (bicyclic) bond motifs is 1. The molecular weight excluding hydrogens is 446 g/mol. The van der Waals surface area contributed by atoms with Crippen molar-refractivity contribution >= 4 is 40.3 Å². The van der Waals surface area contributed by atoms with Crippen molar-refractivity contribution in [2.75, 3.05) is 4.90 Å². The maximum absolute atomic E-state index is 13.2. The van der Waals surface area contributed by atoms with Gasteiger partial charge < -0.3 is 25.7 Å². The summed E-state index contributed by atoms with van der Waals surface area (Å²) >= 11 is 7.16. The van der Waals surface area contributed by atoms with Crippen LogP contribution in [0.4, 0.5) is 5.69 Å². The van der Waals surface area contributed by atoms with Crippen LogP contribution in [-0.2, 0) is 11.3 Å². The average Bonchev–Trinajstić information content (AvgIpc) is 3.56. The van der Waals surface area contributed by atoms with Crippen molar-refractivity contribution in [3.8, 4) is 5.69 Å². The van der Waals surface area contributed by atoms with E-state index in [1.165, 1.54) is 0 Å². The smallest absolute Gasteiger partial charge is 0.225 e. The van der Waals surface area contributed by atoms with E-state index in [0.29, 0.717) is 11.7 Å². The van der Waals surface area contributed by atoms with Crippen LogP contribution in [0.5, 0.6) is 0 Å². The van der Waals surface area contributed by atoms with Crippen molar-refractivity contribution in [2.45, 2.75) is 37.3 Å². The molecule has 4 N–H and O–H groups in total. The minimum absolute atomic E-state index is 0.158. The average molecular weight is 470 g/mol. The van der Waals surface area contributed by atoms with Gasteiger partial charge in [0.25, 0.3) is 0 Å². The van der Waals surface area contributed by atoms with Gasteiger partial charge in [0.15, 0.2) is 5.11 Å². The molecule has 32 heavy (non-hydrogen) atoms. The molecule has 5 atom stereocenters. The summed E-state index contributed by atoms with van der Waals surface area (Å²) in [5.74, 6) is -0.707. The Balaban J connectivity index is 1.42. The number of aromatic nitrogens is 2. The number of benzene rings is 1. The largest absolute Gasteiger partial charge is 0.390 e. The highest BCUT2D eigenvalue weighted by Gasteiger charge is 2.53. The number of nitrogens with one attached hydrogen (secondary N) is 2. The van der Waals surface area contributed by atoms with Gasteiger partial charge in [0.1, 0.15) is 6.10 Å².